The highest BCUT2D eigenvalue weighted by Gasteiger charge is 2.36. The fourth-order valence-electron chi connectivity index (χ4n) is 2.48. The topological polar surface area (TPSA) is 67.0 Å². The molecule has 0 saturated heterocycles. The Bertz CT molecular complexity index is 611. The van der Waals surface area contributed by atoms with Gasteiger partial charge in [-0.2, -0.15) is 16.9 Å². The Labute approximate surface area is 150 Å². The van der Waals surface area contributed by atoms with E-state index >= 15 is 0 Å². The highest BCUT2D eigenvalue weighted by atomic mass is 32.2. The number of hydrogen-bond acceptors (Lipinski definition) is 5. The third kappa shape index (κ3) is 4.86. The van der Waals surface area contributed by atoms with Crippen LogP contribution in [0.25, 0.3) is 0 Å². The third-order valence-electron chi connectivity index (χ3n) is 5.04. The molecular formula is C17H31N3O2SSi. The van der Waals surface area contributed by atoms with Gasteiger partial charge in [0.25, 0.3) is 5.56 Å². The summed E-state index contributed by atoms with van der Waals surface area (Å²) >= 11 is 1.89. The lowest BCUT2D eigenvalue weighted by Gasteiger charge is -2.36. The van der Waals surface area contributed by atoms with Gasteiger partial charge in [0.2, 0.25) is 0 Å². The number of anilines is 1. The Balaban J connectivity index is 1.77. The van der Waals surface area contributed by atoms with Crippen LogP contribution >= 0.6 is 11.8 Å². The zero-order chi connectivity index (χ0) is 17.8. The van der Waals surface area contributed by atoms with Gasteiger partial charge in [-0.3, -0.25) is 4.79 Å². The lowest BCUT2D eigenvalue weighted by Crippen LogP contribution is -2.41. The third-order valence-corrected chi connectivity index (χ3v) is 10.5. The summed E-state index contributed by atoms with van der Waals surface area (Å²) in [5, 5.41) is 10.5. The maximum atomic E-state index is 11.8. The van der Waals surface area contributed by atoms with E-state index in [2.05, 4.69) is 49.4 Å². The average molecular weight is 370 g/mol. The van der Waals surface area contributed by atoms with Crippen LogP contribution in [-0.4, -0.2) is 43.2 Å². The van der Waals surface area contributed by atoms with E-state index in [9.17, 15) is 4.79 Å². The molecule has 2 rings (SSSR count). The fraction of sp³-hybridized carbons (Fsp3) is 0.765. The standard InChI is InChI=1S/C17H31N3O2SSi/c1-17(2,3)24(4,5)22-10-12-23-11-8-14-15-13(7-6-9-18-15)16(21)20-19-14/h18H,6-12H2,1-5H3,(H,20,21). The predicted molar refractivity (Wildman–Crippen MR) is 106 cm³/mol. The van der Waals surface area contributed by atoms with E-state index in [4.69, 9.17) is 4.43 Å². The SMILES string of the molecule is CC(C)(C)[Si](C)(C)OCCSCCc1n[nH]c(=O)c2c1NCCC2. The maximum absolute atomic E-state index is 11.8. The molecule has 1 aliphatic heterocycles. The summed E-state index contributed by atoms with van der Waals surface area (Å²) in [7, 11) is -1.63. The smallest absolute Gasteiger partial charge is 0.269 e. The molecule has 2 heterocycles. The first-order chi connectivity index (χ1) is 11.2. The quantitative estimate of drug-likeness (QED) is 0.569. The molecule has 5 nitrogen and oxygen atoms in total. The van der Waals surface area contributed by atoms with Crippen LogP contribution in [0.3, 0.4) is 0 Å². The Kier molecular flexibility index (Phi) is 6.56. The van der Waals surface area contributed by atoms with Gasteiger partial charge >= 0.3 is 0 Å². The molecule has 0 spiro atoms. The molecule has 0 bridgehead atoms. The number of nitrogens with zero attached hydrogens (tertiary/aromatic N) is 1. The molecule has 0 aromatic carbocycles. The molecule has 1 aliphatic rings. The summed E-state index contributed by atoms with van der Waals surface area (Å²) in [6, 6.07) is 0. The van der Waals surface area contributed by atoms with Crippen molar-refractivity contribution in [1.29, 1.82) is 0 Å². The lowest BCUT2D eigenvalue weighted by atomic mass is 10.0. The molecule has 0 amide bonds. The second kappa shape index (κ2) is 8.06. The number of fused-ring (bicyclic) bond motifs is 1. The average Bonchev–Trinajstić information content (AvgIpc) is 2.52. The summed E-state index contributed by atoms with van der Waals surface area (Å²) in [5.74, 6) is 2.00. The van der Waals surface area contributed by atoms with Gasteiger partial charge in [-0.15, -0.1) is 0 Å². The molecule has 7 heteroatoms. The number of aryl methyl sites for hydroxylation is 1. The van der Waals surface area contributed by atoms with Crippen LogP contribution in [0, 0.1) is 0 Å². The Hall–Kier alpha value is -0.793. The van der Waals surface area contributed by atoms with Crippen LogP contribution in [0.4, 0.5) is 5.69 Å². The van der Waals surface area contributed by atoms with Crippen molar-refractivity contribution in [3.8, 4) is 0 Å². The fourth-order valence-corrected chi connectivity index (χ4v) is 4.42. The van der Waals surface area contributed by atoms with E-state index in [-0.39, 0.29) is 10.6 Å². The first kappa shape index (κ1) is 19.5. The van der Waals surface area contributed by atoms with Crippen LogP contribution in [0.5, 0.6) is 0 Å². The molecule has 2 N–H and O–H groups in total. The summed E-state index contributed by atoms with van der Waals surface area (Å²) in [6.45, 7) is 13.1. The van der Waals surface area contributed by atoms with Gasteiger partial charge in [-0.25, -0.2) is 5.10 Å². The number of H-pyrrole nitrogens is 1. The number of aromatic amines is 1. The van der Waals surface area contributed by atoms with E-state index in [0.717, 1.165) is 60.9 Å². The van der Waals surface area contributed by atoms with Crippen molar-refractivity contribution in [2.75, 3.05) is 30.0 Å². The van der Waals surface area contributed by atoms with Crippen molar-refractivity contribution in [2.45, 2.75) is 58.2 Å². The summed E-state index contributed by atoms with van der Waals surface area (Å²) in [4.78, 5) is 11.8. The van der Waals surface area contributed by atoms with Crippen LogP contribution < -0.4 is 10.9 Å². The number of nitrogens with one attached hydrogen (secondary N) is 2. The van der Waals surface area contributed by atoms with Gasteiger partial charge < -0.3 is 9.74 Å². The minimum atomic E-state index is -1.63. The van der Waals surface area contributed by atoms with Crippen LogP contribution in [0.1, 0.15) is 38.4 Å². The molecule has 24 heavy (non-hydrogen) atoms. The monoisotopic (exact) mass is 369 g/mol. The maximum Gasteiger partial charge on any atom is 0.269 e. The number of thioether (sulfide) groups is 1. The van der Waals surface area contributed by atoms with Gasteiger partial charge in [0, 0.05) is 30.9 Å². The normalized spacial score (nSPS) is 15.0. The molecule has 0 saturated carbocycles. The van der Waals surface area contributed by atoms with E-state index in [1.807, 2.05) is 11.8 Å². The van der Waals surface area contributed by atoms with Gasteiger partial charge in [0.1, 0.15) is 0 Å². The molecule has 0 aliphatic carbocycles. The first-order valence-corrected chi connectivity index (χ1v) is 12.8. The second-order valence-corrected chi connectivity index (χ2v) is 13.9. The van der Waals surface area contributed by atoms with E-state index in [0.29, 0.717) is 0 Å². The van der Waals surface area contributed by atoms with Crippen molar-refractivity contribution in [3.63, 3.8) is 0 Å². The van der Waals surface area contributed by atoms with Crippen molar-refractivity contribution in [1.82, 2.24) is 10.2 Å². The Morgan fingerprint density at radius 2 is 2.04 bits per heavy atom. The molecule has 1 aromatic rings. The molecular weight excluding hydrogens is 338 g/mol. The summed E-state index contributed by atoms with van der Waals surface area (Å²) in [5.41, 5.74) is 2.79. The second-order valence-electron chi connectivity index (χ2n) is 7.85. The van der Waals surface area contributed by atoms with E-state index < -0.39 is 8.32 Å². The highest BCUT2D eigenvalue weighted by Crippen LogP contribution is 2.36. The number of aromatic nitrogens is 2. The minimum absolute atomic E-state index is 0.0450. The lowest BCUT2D eigenvalue weighted by molar-refractivity contribution is 0.311. The van der Waals surface area contributed by atoms with E-state index in [1.165, 1.54) is 0 Å². The number of rotatable bonds is 7. The van der Waals surface area contributed by atoms with Crippen LogP contribution in [0.2, 0.25) is 18.1 Å². The van der Waals surface area contributed by atoms with Crippen molar-refractivity contribution < 1.29 is 4.43 Å². The highest BCUT2D eigenvalue weighted by molar-refractivity contribution is 7.99. The van der Waals surface area contributed by atoms with Gasteiger partial charge in [-0.05, 0) is 36.7 Å². The molecule has 1 aromatic heterocycles. The first-order valence-electron chi connectivity index (χ1n) is 8.78. The molecule has 0 radical (unpaired) electrons. The van der Waals surface area contributed by atoms with Crippen molar-refractivity contribution in [2.24, 2.45) is 0 Å². The largest absolute Gasteiger partial charge is 0.416 e. The van der Waals surface area contributed by atoms with Crippen LogP contribution in [0.15, 0.2) is 4.79 Å². The van der Waals surface area contributed by atoms with Crippen molar-refractivity contribution >= 4 is 25.8 Å². The summed E-state index contributed by atoms with van der Waals surface area (Å²) in [6.07, 6.45) is 2.73. The van der Waals surface area contributed by atoms with Crippen LogP contribution in [-0.2, 0) is 17.3 Å². The molecule has 0 unspecified atom stereocenters. The zero-order valence-electron chi connectivity index (χ0n) is 15.6. The Morgan fingerprint density at radius 3 is 2.75 bits per heavy atom. The van der Waals surface area contributed by atoms with Gasteiger partial charge in [-0.1, -0.05) is 20.8 Å². The Morgan fingerprint density at radius 1 is 1.29 bits per heavy atom. The molecule has 136 valence electrons. The molecule has 0 fully saturated rings. The van der Waals surface area contributed by atoms with Crippen molar-refractivity contribution in [3.05, 3.63) is 21.6 Å². The minimum Gasteiger partial charge on any atom is -0.416 e. The predicted octanol–water partition coefficient (Wildman–Crippen LogP) is 3.43. The van der Waals surface area contributed by atoms with Gasteiger partial charge in [0.15, 0.2) is 8.32 Å². The summed E-state index contributed by atoms with van der Waals surface area (Å²) < 4.78 is 6.20. The molecule has 0 atom stereocenters. The van der Waals surface area contributed by atoms with Gasteiger partial charge in [0.05, 0.1) is 11.4 Å². The zero-order valence-corrected chi connectivity index (χ0v) is 17.4. The van der Waals surface area contributed by atoms with E-state index in [1.54, 1.807) is 0 Å². The number of hydrogen-bond donors (Lipinski definition) is 2.